The van der Waals surface area contributed by atoms with Crippen LogP contribution in [0.4, 0.5) is 0 Å². The van der Waals surface area contributed by atoms with E-state index >= 15 is 0 Å². The standard InChI is InChI=1S/C9H11Se/c1-2-8-5-3-4-6-9(8)7-10/h3-6H,2,7H2,1H3. The van der Waals surface area contributed by atoms with Gasteiger partial charge in [0.05, 0.1) is 0 Å². The fourth-order valence-electron chi connectivity index (χ4n) is 1.04. The minimum atomic E-state index is 1.03. The summed E-state index contributed by atoms with van der Waals surface area (Å²) in [6.07, 6.45) is 1.14. The van der Waals surface area contributed by atoms with Crippen LogP contribution in [-0.2, 0) is 11.7 Å². The summed E-state index contributed by atoms with van der Waals surface area (Å²) in [5, 5.41) is 1.03. The Kier molecular flexibility index (Phi) is 2.98. The van der Waals surface area contributed by atoms with E-state index in [1.165, 1.54) is 11.1 Å². The van der Waals surface area contributed by atoms with Crippen molar-refractivity contribution < 1.29 is 0 Å². The molecule has 0 aromatic heterocycles. The third-order valence-electron chi connectivity index (χ3n) is 1.65. The Morgan fingerprint density at radius 1 is 1.20 bits per heavy atom. The molecular formula is C9H11Se. The van der Waals surface area contributed by atoms with Crippen LogP contribution in [0.3, 0.4) is 0 Å². The van der Waals surface area contributed by atoms with Crippen molar-refractivity contribution in [1.82, 2.24) is 0 Å². The Bertz CT molecular complexity index is 183. The van der Waals surface area contributed by atoms with Crippen molar-refractivity contribution in [2.24, 2.45) is 0 Å². The number of aryl methyl sites for hydroxylation is 1. The molecule has 0 saturated heterocycles. The maximum absolute atomic E-state index is 3.03. The molecule has 1 heteroatoms. The molecule has 0 aliphatic carbocycles. The Hall–Kier alpha value is -0.261. The van der Waals surface area contributed by atoms with E-state index in [9.17, 15) is 0 Å². The summed E-state index contributed by atoms with van der Waals surface area (Å²) in [7, 11) is 0. The van der Waals surface area contributed by atoms with Gasteiger partial charge >= 0.3 is 70.1 Å². The van der Waals surface area contributed by atoms with E-state index in [0.717, 1.165) is 11.7 Å². The van der Waals surface area contributed by atoms with Gasteiger partial charge in [-0.1, -0.05) is 0 Å². The Morgan fingerprint density at radius 3 is 2.20 bits per heavy atom. The van der Waals surface area contributed by atoms with Crippen LogP contribution < -0.4 is 0 Å². The van der Waals surface area contributed by atoms with Crippen molar-refractivity contribution in [3.05, 3.63) is 35.4 Å². The fourth-order valence-corrected chi connectivity index (χ4v) is 1.63. The third-order valence-corrected chi connectivity index (χ3v) is 2.31. The zero-order chi connectivity index (χ0) is 7.40. The van der Waals surface area contributed by atoms with Gasteiger partial charge in [-0.15, -0.1) is 0 Å². The summed E-state index contributed by atoms with van der Waals surface area (Å²) in [6.45, 7) is 2.19. The summed E-state index contributed by atoms with van der Waals surface area (Å²) < 4.78 is 0. The second-order valence-corrected chi connectivity index (χ2v) is 2.87. The molecule has 0 unspecified atom stereocenters. The van der Waals surface area contributed by atoms with Gasteiger partial charge in [-0.2, -0.15) is 0 Å². The molecule has 0 spiro atoms. The van der Waals surface area contributed by atoms with Crippen LogP contribution in [0.1, 0.15) is 18.1 Å². The first-order chi connectivity index (χ1) is 4.88. The fraction of sp³-hybridized carbons (Fsp3) is 0.333. The first-order valence-corrected chi connectivity index (χ1v) is 4.74. The molecule has 0 fully saturated rings. The van der Waals surface area contributed by atoms with E-state index in [1.807, 2.05) is 0 Å². The molecule has 0 atom stereocenters. The molecule has 0 heterocycles. The Labute approximate surface area is 70.5 Å². The van der Waals surface area contributed by atoms with Gasteiger partial charge in [0.15, 0.2) is 0 Å². The topological polar surface area (TPSA) is 0 Å². The molecule has 0 saturated carbocycles. The quantitative estimate of drug-likeness (QED) is 0.637. The zero-order valence-electron chi connectivity index (χ0n) is 6.13. The van der Waals surface area contributed by atoms with E-state index in [2.05, 4.69) is 47.2 Å². The van der Waals surface area contributed by atoms with Crippen LogP contribution in [0.2, 0.25) is 0 Å². The van der Waals surface area contributed by atoms with Gasteiger partial charge in [0.25, 0.3) is 0 Å². The zero-order valence-corrected chi connectivity index (χ0v) is 7.84. The summed E-state index contributed by atoms with van der Waals surface area (Å²) in [6, 6.07) is 8.55. The number of hydrogen-bond acceptors (Lipinski definition) is 0. The molecule has 0 nitrogen and oxygen atoms in total. The number of rotatable bonds is 2. The molecule has 1 radical (unpaired) electrons. The van der Waals surface area contributed by atoms with Gasteiger partial charge in [-0.3, -0.25) is 0 Å². The molecule has 0 bridgehead atoms. The van der Waals surface area contributed by atoms with Crippen LogP contribution in [0.25, 0.3) is 0 Å². The predicted octanol–water partition coefficient (Wildman–Crippen LogP) is 1.92. The summed E-state index contributed by atoms with van der Waals surface area (Å²) >= 11 is 3.03. The maximum atomic E-state index is 3.03. The Balaban J connectivity index is 2.96. The molecule has 10 heavy (non-hydrogen) atoms. The number of hydrogen-bond donors (Lipinski definition) is 0. The van der Waals surface area contributed by atoms with E-state index in [4.69, 9.17) is 0 Å². The molecule has 1 aromatic rings. The van der Waals surface area contributed by atoms with E-state index in [-0.39, 0.29) is 0 Å². The molecule has 0 aliphatic rings. The monoisotopic (exact) mass is 199 g/mol. The van der Waals surface area contributed by atoms with Gasteiger partial charge in [-0.05, 0) is 0 Å². The Morgan fingerprint density at radius 2 is 1.80 bits per heavy atom. The van der Waals surface area contributed by atoms with Crippen molar-refractivity contribution in [1.29, 1.82) is 0 Å². The summed E-state index contributed by atoms with van der Waals surface area (Å²) in [5.41, 5.74) is 2.89. The van der Waals surface area contributed by atoms with Gasteiger partial charge in [0.2, 0.25) is 0 Å². The second-order valence-electron chi connectivity index (χ2n) is 2.27. The average Bonchev–Trinajstić information content (AvgIpc) is 2.04. The van der Waals surface area contributed by atoms with Crippen LogP contribution in [0.5, 0.6) is 0 Å². The summed E-state index contributed by atoms with van der Waals surface area (Å²) in [4.78, 5) is 0. The molecule has 1 rings (SSSR count). The van der Waals surface area contributed by atoms with Crippen LogP contribution in [-0.4, -0.2) is 16.0 Å². The molecular weight excluding hydrogens is 187 g/mol. The van der Waals surface area contributed by atoms with Gasteiger partial charge in [0.1, 0.15) is 0 Å². The number of benzene rings is 1. The third kappa shape index (κ3) is 1.62. The average molecular weight is 198 g/mol. The SMILES string of the molecule is CCc1ccccc1C[Se]. The van der Waals surface area contributed by atoms with E-state index < -0.39 is 0 Å². The molecule has 53 valence electrons. The van der Waals surface area contributed by atoms with Crippen LogP contribution in [0, 0.1) is 0 Å². The van der Waals surface area contributed by atoms with Gasteiger partial charge < -0.3 is 0 Å². The molecule has 0 aliphatic heterocycles. The minimum absolute atomic E-state index is 1.03. The van der Waals surface area contributed by atoms with Crippen molar-refractivity contribution >= 4 is 16.0 Å². The van der Waals surface area contributed by atoms with Crippen molar-refractivity contribution in [3.8, 4) is 0 Å². The van der Waals surface area contributed by atoms with Crippen LogP contribution in [0.15, 0.2) is 24.3 Å². The van der Waals surface area contributed by atoms with Crippen molar-refractivity contribution in [2.45, 2.75) is 18.7 Å². The van der Waals surface area contributed by atoms with Gasteiger partial charge in [-0.25, -0.2) is 0 Å². The first kappa shape index (κ1) is 7.84. The summed E-state index contributed by atoms with van der Waals surface area (Å²) in [5.74, 6) is 0. The van der Waals surface area contributed by atoms with E-state index in [0.29, 0.717) is 0 Å². The predicted molar refractivity (Wildman–Crippen MR) is 45.3 cm³/mol. The second kappa shape index (κ2) is 3.80. The molecule has 0 N–H and O–H groups in total. The molecule has 0 amide bonds. The molecule has 1 aromatic carbocycles. The van der Waals surface area contributed by atoms with Crippen LogP contribution >= 0.6 is 0 Å². The van der Waals surface area contributed by atoms with Crippen molar-refractivity contribution in [2.75, 3.05) is 0 Å². The normalized spacial score (nSPS) is 9.80. The first-order valence-electron chi connectivity index (χ1n) is 3.53. The van der Waals surface area contributed by atoms with Crippen molar-refractivity contribution in [3.63, 3.8) is 0 Å². The van der Waals surface area contributed by atoms with Gasteiger partial charge in [0, 0.05) is 0 Å². The van der Waals surface area contributed by atoms with E-state index in [1.54, 1.807) is 0 Å².